The lowest BCUT2D eigenvalue weighted by atomic mass is 10.2. The van der Waals surface area contributed by atoms with Crippen molar-refractivity contribution in [1.82, 2.24) is 10.0 Å². The van der Waals surface area contributed by atoms with Gasteiger partial charge < -0.3 is 5.32 Å². The quantitative estimate of drug-likeness (QED) is 0.756. The lowest BCUT2D eigenvalue weighted by molar-refractivity contribution is -0.122. The fourth-order valence-corrected chi connectivity index (χ4v) is 2.81. The minimum Gasteiger partial charge on any atom is -0.355 e. The molecule has 1 rings (SSSR count). The van der Waals surface area contributed by atoms with Gasteiger partial charge in [0, 0.05) is 12.1 Å². The monoisotopic (exact) mass is 298 g/mol. The molecule has 0 aromatic heterocycles. The first-order chi connectivity index (χ1) is 9.27. The van der Waals surface area contributed by atoms with Gasteiger partial charge in [0.2, 0.25) is 15.9 Å². The maximum atomic E-state index is 12.1. The predicted octanol–water partition coefficient (Wildman–Crippen LogP) is 0.692. The Hall–Kier alpha value is -1.73. The smallest absolute Gasteiger partial charge is 0.241 e. The Bertz CT molecular complexity index is 611. The average Bonchev–Trinajstić information content (AvgIpc) is 2.38. The first-order valence-electron chi connectivity index (χ1n) is 6.19. The van der Waals surface area contributed by atoms with Gasteiger partial charge in [-0.3, -0.25) is 9.59 Å². The van der Waals surface area contributed by atoms with E-state index in [2.05, 4.69) is 10.0 Å². The molecular formula is C13H18N2O4S. The standard InChI is InChI=1S/C13H18N2O4S/c1-4-14-13(17)9(2)15-20(18,19)12-7-5-6-11(8-12)10(3)16/h5-9,15H,4H2,1-3H3,(H,14,17)/t9-/m1/s1. The highest BCUT2D eigenvalue weighted by Gasteiger charge is 2.22. The Balaban J connectivity index is 2.97. The van der Waals surface area contributed by atoms with Gasteiger partial charge in [0.25, 0.3) is 0 Å². The van der Waals surface area contributed by atoms with Crippen molar-refractivity contribution in [2.45, 2.75) is 31.7 Å². The van der Waals surface area contributed by atoms with E-state index in [-0.39, 0.29) is 10.7 Å². The highest BCUT2D eigenvalue weighted by atomic mass is 32.2. The molecule has 0 aliphatic rings. The largest absolute Gasteiger partial charge is 0.355 e. The van der Waals surface area contributed by atoms with Crippen LogP contribution in [0, 0.1) is 0 Å². The molecule has 1 aromatic rings. The molecule has 110 valence electrons. The second-order valence-electron chi connectivity index (χ2n) is 4.32. The molecule has 0 fully saturated rings. The average molecular weight is 298 g/mol. The van der Waals surface area contributed by atoms with Gasteiger partial charge >= 0.3 is 0 Å². The summed E-state index contributed by atoms with van der Waals surface area (Å²) in [5.74, 6) is -0.627. The van der Waals surface area contributed by atoms with E-state index in [4.69, 9.17) is 0 Å². The minimum absolute atomic E-state index is 0.0404. The molecule has 0 heterocycles. The third kappa shape index (κ3) is 4.14. The number of Topliss-reactive ketones (excluding diaryl/α,β-unsaturated/α-hetero) is 1. The number of likely N-dealkylation sites (N-methyl/N-ethyl adjacent to an activating group) is 1. The van der Waals surface area contributed by atoms with Crippen molar-refractivity contribution in [3.8, 4) is 0 Å². The summed E-state index contributed by atoms with van der Waals surface area (Å²) in [7, 11) is -3.84. The molecule has 1 aromatic carbocycles. The molecule has 0 saturated heterocycles. The summed E-state index contributed by atoms with van der Waals surface area (Å²) in [6.45, 7) is 4.98. The minimum atomic E-state index is -3.84. The van der Waals surface area contributed by atoms with Crippen molar-refractivity contribution in [1.29, 1.82) is 0 Å². The number of hydrogen-bond acceptors (Lipinski definition) is 4. The molecule has 20 heavy (non-hydrogen) atoms. The Labute approximate surface area is 118 Å². The Morgan fingerprint density at radius 3 is 2.50 bits per heavy atom. The van der Waals surface area contributed by atoms with Crippen LogP contribution in [-0.2, 0) is 14.8 Å². The molecule has 0 saturated carbocycles. The summed E-state index contributed by atoms with van der Waals surface area (Å²) in [5, 5.41) is 2.53. The van der Waals surface area contributed by atoms with Crippen molar-refractivity contribution >= 4 is 21.7 Å². The number of carbonyl (C=O) groups excluding carboxylic acids is 2. The number of amides is 1. The first-order valence-corrected chi connectivity index (χ1v) is 7.67. The molecule has 0 aliphatic heterocycles. The Morgan fingerprint density at radius 1 is 1.30 bits per heavy atom. The number of sulfonamides is 1. The maximum absolute atomic E-state index is 12.1. The van der Waals surface area contributed by atoms with E-state index in [0.29, 0.717) is 12.1 Å². The topological polar surface area (TPSA) is 92.3 Å². The van der Waals surface area contributed by atoms with Crippen LogP contribution >= 0.6 is 0 Å². The summed E-state index contributed by atoms with van der Waals surface area (Å²) >= 11 is 0. The third-order valence-corrected chi connectivity index (χ3v) is 4.17. The molecule has 0 spiro atoms. The molecule has 0 aliphatic carbocycles. The van der Waals surface area contributed by atoms with Gasteiger partial charge in [-0.2, -0.15) is 4.72 Å². The van der Waals surface area contributed by atoms with Crippen LogP contribution in [0.1, 0.15) is 31.1 Å². The summed E-state index contributed by atoms with van der Waals surface area (Å²) in [4.78, 5) is 22.8. The van der Waals surface area contributed by atoms with Gasteiger partial charge in [-0.1, -0.05) is 12.1 Å². The van der Waals surface area contributed by atoms with E-state index in [0.717, 1.165) is 0 Å². The number of hydrogen-bond donors (Lipinski definition) is 2. The molecular weight excluding hydrogens is 280 g/mol. The van der Waals surface area contributed by atoms with Crippen LogP contribution in [-0.4, -0.2) is 32.7 Å². The molecule has 0 unspecified atom stereocenters. The SMILES string of the molecule is CCNC(=O)[C@@H](C)NS(=O)(=O)c1cccc(C(C)=O)c1. The van der Waals surface area contributed by atoms with Crippen LogP contribution in [0.3, 0.4) is 0 Å². The zero-order valence-corrected chi connectivity index (χ0v) is 12.5. The van der Waals surface area contributed by atoms with Gasteiger partial charge in [0.1, 0.15) is 0 Å². The molecule has 1 amide bonds. The molecule has 1 atom stereocenters. The highest BCUT2D eigenvalue weighted by molar-refractivity contribution is 7.89. The molecule has 0 bridgehead atoms. The number of ketones is 1. The zero-order chi connectivity index (χ0) is 15.3. The molecule has 6 nitrogen and oxygen atoms in total. The van der Waals surface area contributed by atoms with Crippen molar-refractivity contribution in [3.63, 3.8) is 0 Å². The van der Waals surface area contributed by atoms with Crippen LogP contribution in [0.15, 0.2) is 29.2 Å². The van der Waals surface area contributed by atoms with Crippen molar-refractivity contribution in [2.24, 2.45) is 0 Å². The number of benzene rings is 1. The van der Waals surface area contributed by atoms with E-state index in [1.165, 1.54) is 38.1 Å². The van der Waals surface area contributed by atoms with Crippen LogP contribution in [0.25, 0.3) is 0 Å². The molecule has 0 radical (unpaired) electrons. The van der Waals surface area contributed by atoms with Gasteiger partial charge in [0.15, 0.2) is 5.78 Å². The van der Waals surface area contributed by atoms with E-state index in [9.17, 15) is 18.0 Å². The van der Waals surface area contributed by atoms with E-state index >= 15 is 0 Å². The second kappa shape index (κ2) is 6.62. The van der Waals surface area contributed by atoms with Crippen LogP contribution in [0.4, 0.5) is 0 Å². The lowest BCUT2D eigenvalue weighted by Gasteiger charge is -2.14. The van der Waals surface area contributed by atoms with Crippen molar-refractivity contribution in [2.75, 3.05) is 6.54 Å². The normalized spacial score (nSPS) is 12.8. The van der Waals surface area contributed by atoms with Gasteiger partial charge in [0.05, 0.1) is 10.9 Å². The Kier molecular flexibility index (Phi) is 5.41. The van der Waals surface area contributed by atoms with E-state index in [1.807, 2.05) is 0 Å². The fourth-order valence-electron chi connectivity index (χ4n) is 1.56. The van der Waals surface area contributed by atoms with Gasteiger partial charge in [-0.25, -0.2) is 8.42 Å². The van der Waals surface area contributed by atoms with Gasteiger partial charge in [-0.05, 0) is 32.9 Å². The highest BCUT2D eigenvalue weighted by Crippen LogP contribution is 2.12. The second-order valence-corrected chi connectivity index (χ2v) is 6.04. The third-order valence-electron chi connectivity index (χ3n) is 2.63. The predicted molar refractivity (Wildman–Crippen MR) is 74.9 cm³/mol. The van der Waals surface area contributed by atoms with Crippen LogP contribution in [0.2, 0.25) is 0 Å². The molecule has 7 heteroatoms. The summed E-state index contributed by atoms with van der Waals surface area (Å²) < 4.78 is 26.5. The van der Waals surface area contributed by atoms with Crippen molar-refractivity contribution in [3.05, 3.63) is 29.8 Å². The van der Waals surface area contributed by atoms with Crippen molar-refractivity contribution < 1.29 is 18.0 Å². The number of nitrogens with one attached hydrogen (secondary N) is 2. The lowest BCUT2D eigenvalue weighted by Crippen LogP contribution is -2.44. The maximum Gasteiger partial charge on any atom is 0.241 e. The van der Waals surface area contributed by atoms with Crippen LogP contribution in [0.5, 0.6) is 0 Å². The number of carbonyl (C=O) groups is 2. The van der Waals surface area contributed by atoms with Gasteiger partial charge in [-0.15, -0.1) is 0 Å². The summed E-state index contributed by atoms with van der Waals surface area (Å²) in [5.41, 5.74) is 0.304. The molecule has 2 N–H and O–H groups in total. The summed E-state index contributed by atoms with van der Waals surface area (Å²) in [6.07, 6.45) is 0. The summed E-state index contributed by atoms with van der Waals surface area (Å²) in [6, 6.07) is 4.80. The Morgan fingerprint density at radius 2 is 1.95 bits per heavy atom. The van der Waals surface area contributed by atoms with E-state index in [1.54, 1.807) is 6.92 Å². The van der Waals surface area contributed by atoms with Crippen LogP contribution < -0.4 is 10.0 Å². The number of rotatable bonds is 6. The first kappa shape index (κ1) is 16.3. The fraction of sp³-hybridized carbons (Fsp3) is 0.385. The van der Waals surface area contributed by atoms with E-state index < -0.39 is 22.0 Å². The zero-order valence-electron chi connectivity index (χ0n) is 11.6.